The molecular formula is C18H36N6O4. The van der Waals surface area contributed by atoms with Crippen LogP contribution in [0.4, 0.5) is 0 Å². The Bertz CT molecular complexity index is 502. The number of hydrogen-bond donors (Lipinski definition) is 6. The van der Waals surface area contributed by atoms with Crippen molar-refractivity contribution in [3.8, 4) is 0 Å². The molecule has 10 heteroatoms. The molecule has 0 rings (SSSR count). The standard InChI is InChI=1S/C18H36N6O4/c1-12(16(26)24-10-14(11-25)20-4)6-8-23-18(28)15(21-5)7-9-22-17(27)13(2)19-3/h11-15,19-21H,6-10H2,1-5H3,(H,22,27)(H,23,28)(H,24,26). The van der Waals surface area contributed by atoms with Crippen molar-refractivity contribution >= 4 is 24.0 Å². The lowest BCUT2D eigenvalue weighted by Gasteiger charge is -2.18. The van der Waals surface area contributed by atoms with Crippen molar-refractivity contribution in [1.82, 2.24) is 31.9 Å². The molecule has 28 heavy (non-hydrogen) atoms. The van der Waals surface area contributed by atoms with E-state index in [9.17, 15) is 19.2 Å². The summed E-state index contributed by atoms with van der Waals surface area (Å²) in [5.74, 6) is -0.752. The Hall–Kier alpha value is -2.04. The van der Waals surface area contributed by atoms with E-state index in [1.54, 1.807) is 35.0 Å². The van der Waals surface area contributed by atoms with Crippen molar-refractivity contribution < 1.29 is 19.2 Å². The van der Waals surface area contributed by atoms with Crippen molar-refractivity contribution in [2.45, 2.75) is 44.8 Å². The average Bonchev–Trinajstić information content (AvgIpc) is 2.70. The van der Waals surface area contributed by atoms with Crippen LogP contribution in [-0.4, -0.2) is 82.9 Å². The smallest absolute Gasteiger partial charge is 0.237 e. The first-order chi connectivity index (χ1) is 13.3. The maximum Gasteiger partial charge on any atom is 0.237 e. The summed E-state index contributed by atoms with van der Waals surface area (Å²) in [6.07, 6.45) is 1.68. The summed E-state index contributed by atoms with van der Waals surface area (Å²) in [7, 11) is 5.04. The molecule has 0 aliphatic carbocycles. The Morgan fingerprint density at radius 2 is 1.39 bits per heavy atom. The fraction of sp³-hybridized carbons (Fsp3) is 0.778. The SMILES string of the molecule is CNC(C=O)CNC(=O)C(C)CCNC(=O)C(CCNC(=O)C(C)NC)NC. The summed E-state index contributed by atoms with van der Waals surface area (Å²) in [5.41, 5.74) is 0. The van der Waals surface area contributed by atoms with Crippen LogP contribution in [0.2, 0.25) is 0 Å². The molecule has 0 fully saturated rings. The summed E-state index contributed by atoms with van der Waals surface area (Å²) in [6, 6.07) is -1.13. The zero-order chi connectivity index (χ0) is 21.5. The molecule has 0 heterocycles. The monoisotopic (exact) mass is 400 g/mol. The molecule has 0 aliphatic rings. The minimum atomic E-state index is -0.432. The molecule has 162 valence electrons. The molecule has 0 aromatic carbocycles. The van der Waals surface area contributed by atoms with Crippen molar-refractivity contribution in [2.75, 3.05) is 40.8 Å². The van der Waals surface area contributed by atoms with Gasteiger partial charge in [0.2, 0.25) is 17.7 Å². The number of carbonyl (C=O) groups is 4. The second-order valence-electron chi connectivity index (χ2n) is 6.69. The van der Waals surface area contributed by atoms with Crippen LogP contribution >= 0.6 is 0 Å². The quantitative estimate of drug-likeness (QED) is 0.170. The van der Waals surface area contributed by atoms with Crippen LogP contribution in [0.3, 0.4) is 0 Å². The number of hydrogen-bond acceptors (Lipinski definition) is 7. The Morgan fingerprint density at radius 1 is 0.786 bits per heavy atom. The highest BCUT2D eigenvalue weighted by Crippen LogP contribution is 2.01. The van der Waals surface area contributed by atoms with Gasteiger partial charge in [-0.2, -0.15) is 0 Å². The summed E-state index contributed by atoms with van der Waals surface area (Å²) in [4.78, 5) is 46.7. The van der Waals surface area contributed by atoms with E-state index in [-0.39, 0.29) is 36.2 Å². The fourth-order valence-corrected chi connectivity index (χ4v) is 2.30. The molecule has 0 aromatic rings. The molecule has 0 aromatic heterocycles. The third-order valence-electron chi connectivity index (χ3n) is 4.58. The van der Waals surface area contributed by atoms with Gasteiger partial charge in [0.1, 0.15) is 6.29 Å². The molecule has 0 bridgehead atoms. The van der Waals surface area contributed by atoms with Crippen LogP contribution < -0.4 is 31.9 Å². The first-order valence-electron chi connectivity index (χ1n) is 9.60. The van der Waals surface area contributed by atoms with E-state index in [4.69, 9.17) is 0 Å². The molecule has 10 nitrogen and oxygen atoms in total. The minimum Gasteiger partial charge on any atom is -0.355 e. The fourth-order valence-electron chi connectivity index (χ4n) is 2.30. The molecule has 4 unspecified atom stereocenters. The molecular weight excluding hydrogens is 364 g/mol. The zero-order valence-electron chi connectivity index (χ0n) is 17.6. The van der Waals surface area contributed by atoms with Gasteiger partial charge in [-0.3, -0.25) is 14.4 Å². The Balaban J connectivity index is 4.16. The highest BCUT2D eigenvalue weighted by atomic mass is 16.2. The van der Waals surface area contributed by atoms with Crippen LogP contribution in [0.15, 0.2) is 0 Å². The molecule has 0 saturated carbocycles. The second kappa shape index (κ2) is 14.9. The van der Waals surface area contributed by atoms with Gasteiger partial charge in [0.05, 0.1) is 18.1 Å². The van der Waals surface area contributed by atoms with E-state index in [2.05, 4.69) is 31.9 Å². The van der Waals surface area contributed by atoms with E-state index < -0.39 is 12.1 Å². The van der Waals surface area contributed by atoms with E-state index in [0.717, 1.165) is 6.29 Å². The summed E-state index contributed by atoms with van der Waals surface area (Å²) >= 11 is 0. The lowest BCUT2D eigenvalue weighted by atomic mass is 10.1. The van der Waals surface area contributed by atoms with Gasteiger partial charge in [-0.25, -0.2) is 0 Å². The van der Waals surface area contributed by atoms with Crippen LogP contribution in [0, 0.1) is 5.92 Å². The summed E-state index contributed by atoms with van der Waals surface area (Å²) < 4.78 is 0. The Labute approximate surface area is 167 Å². The van der Waals surface area contributed by atoms with Gasteiger partial charge in [0.25, 0.3) is 0 Å². The van der Waals surface area contributed by atoms with E-state index in [1.807, 2.05) is 0 Å². The lowest BCUT2D eigenvalue weighted by Crippen LogP contribution is -2.47. The van der Waals surface area contributed by atoms with Crippen molar-refractivity contribution in [3.63, 3.8) is 0 Å². The highest BCUT2D eigenvalue weighted by molar-refractivity contribution is 5.83. The minimum absolute atomic E-state index is 0.118. The lowest BCUT2D eigenvalue weighted by molar-refractivity contribution is -0.126. The normalized spacial score (nSPS) is 15.0. The van der Waals surface area contributed by atoms with Gasteiger partial charge in [-0.15, -0.1) is 0 Å². The second-order valence-corrected chi connectivity index (χ2v) is 6.69. The van der Waals surface area contributed by atoms with Crippen LogP contribution in [0.25, 0.3) is 0 Å². The molecule has 0 saturated heterocycles. The number of rotatable bonds is 15. The maximum atomic E-state index is 12.2. The third-order valence-corrected chi connectivity index (χ3v) is 4.58. The Kier molecular flexibility index (Phi) is 13.9. The predicted molar refractivity (Wildman–Crippen MR) is 108 cm³/mol. The molecule has 0 radical (unpaired) electrons. The molecule has 4 atom stereocenters. The highest BCUT2D eigenvalue weighted by Gasteiger charge is 2.19. The predicted octanol–water partition coefficient (Wildman–Crippen LogP) is -2.27. The number of aldehydes is 1. The topological polar surface area (TPSA) is 140 Å². The molecule has 0 aliphatic heterocycles. The number of carbonyl (C=O) groups excluding carboxylic acids is 4. The van der Waals surface area contributed by atoms with E-state index in [1.165, 1.54) is 0 Å². The van der Waals surface area contributed by atoms with Crippen molar-refractivity contribution in [1.29, 1.82) is 0 Å². The first-order valence-corrected chi connectivity index (χ1v) is 9.60. The van der Waals surface area contributed by atoms with Gasteiger partial charge in [-0.1, -0.05) is 6.92 Å². The van der Waals surface area contributed by atoms with Crippen LogP contribution in [0.1, 0.15) is 26.7 Å². The van der Waals surface area contributed by atoms with Crippen LogP contribution in [0.5, 0.6) is 0 Å². The van der Waals surface area contributed by atoms with Gasteiger partial charge in [0, 0.05) is 25.6 Å². The first kappa shape index (κ1) is 26.0. The van der Waals surface area contributed by atoms with Gasteiger partial charge >= 0.3 is 0 Å². The largest absolute Gasteiger partial charge is 0.355 e. The number of likely N-dealkylation sites (N-methyl/N-ethyl adjacent to an activating group) is 3. The van der Waals surface area contributed by atoms with E-state index >= 15 is 0 Å². The van der Waals surface area contributed by atoms with Crippen molar-refractivity contribution in [2.24, 2.45) is 5.92 Å². The molecule has 0 spiro atoms. The molecule has 3 amide bonds. The number of amides is 3. The maximum absolute atomic E-state index is 12.2. The van der Waals surface area contributed by atoms with Gasteiger partial charge in [-0.05, 0) is 40.9 Å². The van der Waals surface area contributed by atoms with E-state index in [0.29, 0.717) is 25.9 Å². The summed E-state index contributed by atoms with van der Waals surface area (Å²) in [6.45, 7) is 4.50. The number of nitrogens with one attached hydrogen (secondary N) is 6. The van der Waals surface area contributed by atoms with Gasteiger partial charge < -0.3 is 36.7 Å². The van der Waals surface area contributed by atoms with Crippen molar-refractivity contribution in [3.05, 3.63) is 0 Å². The molecule has 6 N–H and O–H groups in total. The summed E-state index contributed by atoms with van der Waals surface area (Å²) in [5, 5.41) is 16.8. The third kappa shape index (κ3) is 10.3. The average molecular weight is 401 g/mol. The van der Waals surface area contributed by atoms with Gasteiger partial charge in [0.15, 0.2) is 0 Å². The Morgan fingerprint density at radius 3 is 1.93 bits per heavy atom. The zero-order valence-corrected chi connectivity index (χ0v) is 17.6. The van der Waals surface area contributed by atoms with Crippen LogP contribution in [-0.2, 0) is 19.2 Å².